The third kappa shape index (κ3) is 2.66. The average molecular weight is 220 g/mol. The van der Waals surface area contributed by atoms with Gasteiger partial charge >= 0.3 is 0 Å². The molecule has 0 saturated heterocycles. The van der Waals surface area contributed by atoms with Crippen molar-refractivity contribution in [2.75, 3.05) is 5.43 Å². The van der Waals surface area contributed by atoms with Gasteiger partial charge in [0.15, 0.2) is 5.41 Å². The number of benzene rings is 1. The lowest BCUT2D eigenvalue weighted by molar-refractivity contribution is -0.139. The van der Waals surface area contributed by atoms with Crippen LogP contribution in [0.25, 0.3) is 0 Å². The van der Waals surface area contributed by atoms with Crippen LogP contribution in [0.2, 0.25) is 0 Å². The van der Waals surface area contributed by atoms with Gasteiger partial charge in [0, 0.05) is 0 Å². The number of anilines is 1. The number of hydrogen-bond acceptors (Lipinski definition) is 4. The van der Waals surface area contributed by atoms with Crippen molar-refractivity contribution in [3.05, 3.63) is 30.3 Å². The van der Waals surface area contributed by atoms with Gasteiger partial charge in [-0.15, -0.1) is 0 Å². The van der Waals surface area contributed by atoms with Crippen molar-refractivity contribution >= 4 is 24.2 Å². The second kappa shape index (κ2) is 5.06. The van der Waals surface area contributed by atoms with Gasteiger partial charge in [0.1, 0.15) is 12.6 Å². The summed E-state index contributed by atoms with van der Waals surface area (Å²) in [5.74, 6) is -0.693. The molecule has 2 N–H and O–H groups in total. The molecule has 0 aliphatic carbocycles. The smallest absolute Gasteiger partial charge is 0.258 e. The van der Waals surface area contributed by atoms with Crippen molar-refractivity contribution in [1.29, 1.82) is 0 Å². The van der Waals surface area contributed by atoms with Gasteiger partial charge in [-0.1, -0.05) is 18.2 Å². The summed E-state index contributed by atoms with van der Waals surface area (Å²) in [5, 5.41) is 0. The van der Waals surface area contributed by atoms with Crippen LogP contribution in [0.4, 0.5) is 5.69 Å². The maximum Gasteiger partial charge on any atom is 0.258 e. The zero-order valence-electron chi connectivity index (χ0n) is 8.77. The topological polar surface area (TPSA) is 75.3 Å². The zero-order chi connectivity index (χ0) is 12.0. The van der Waals surface area contributed by atoms with Gasteiger partial charge in [-0.2, -0.15) is 0 Å². The fraction of sp³-hybridized carbons (Fsp3) is 0.182. The molecule has 0 fully saturated rings. The van der Waals surface area contributed by atoms with E-state index in [4.69, 9.17) is 0 Å². The van der Waals surface area contributed by atoms with E-state index in [0.29, 0.717) is 18.3 Å². The molecule has 5 nitrogen and oxygen atoms in total. The number of carbonyl (C=O) groups is 3. The molecule has 0 radical (unpaired) electrons. The number of aldehydes is 2. The molecule has 0 spiro atoms. The Morgan fingerprint density at radius 3 is 2.25 bits per heavy atom. The third-order valence-corrected chi connectivity index (χ3v) is 2.07. The lowest BCUT2D eigenvalue weighted by Gasteiger charge is -2.16. The molecule has 16 heavy (non-hydrogen) atoms. The highest BCUT2D eigenvalue weighted by molar-refractivity contribution is 6.10. The van der Waals surface area contributed by atoms with Gasteiger partial charge in [0.05, 0.1) is 5.69 Å². The Balaban J connectivity index is 2.60. The minimum atomic E-state index is -1.65. The largest absolute Gasteiger partial charge is 0.302 e. The lowest BCUT2D eigenvalue weighted by atomic mass is 9.94. The molecule has 0 heterocycles. The first-order valence-corrected chi connectivity index (χ1v) is 4.66. The molecule has 84 valence electrons. The molecule has 1 aromatic rings. The highest BCUT2D eigenvalue weighted by Crippen LogP contribution is 2.09. The summed E-state index contributed by atoms with van der Waals surface area (Å²) in [5.41, 5.74) is 3.90. The Kier molecular flexibility index (Phi) is 3.77. The molecular formula is C11H12N2O3. The summed E-state index contributed by atoms with van der Waals surface area (Å²) in [6, 6.07) is 8.87. The summed E-state index contributed by atoms with van der Waals surface area (Å²) in [6.45, 7) is 1.25. The van der Waals surface area contributed by atoms with Crippen molar-refractivity contribution in [3.8, 4) is 0 Å². The average Bonchev–Trinajstić information content (AvgIpc) is 2.36. The van der Waals surface area contributed by atoms with Crippen molar-refractivity contribution in [2.24, 2.45) is 5.41 Å². The van der Waals surface area contributed by atoms with Gasteiger partial charge in [0.2, 0.25) is 0 Å². The van der Waals surface area contributed by atoms with Gasteiger partial charge < -0.3 is 9.59 Å². The van der Waals surface area contributed by atoms with Crippen LogP contribution >= 0.6 is 0 Å². The van der Waals surface area contributed by atoms with E-state index in [1.165, 1.54) is 6.92 Å². The molecule has 0 atom stereocenters. The third-order valence-electron chi connectivity index (χ3n) is 2.07. The van der Waals surface area contributed by atoms with E-state index in [1.54, 1.807) is 24.3 Å². The molecule has 0 unspecified atom stereocenters. The summed E-state index contributed by atoms with van der Waals surface area (Å²) in [6.07, 6.45) is 0.615. The first-order chi connectivity index (χ1) is 7.62. The minimum Gasteiger partial charge on any atom is -0.302 e. The van der Waals surface area contributed by atoms with Gasteiger partial charge in [0.25, 0.3) is 5.91 Å². The van der Waals surface area contributed by atoms with Crippen LogP contribution in [0.1, 0.15) is 6.92 Å². The van der Waals surface area contributed by atoms with Crippen LogP contribution in [0.5, 0.6) is 0 Å². The first kappa shape index (κ1) is 11.9. The summed E-state index contributed by atoms with van der Waals surface area (Å²) < 4.78 is 0. The maximum atomic E-state index is 11.5. The maximum absolute atomic E-state index is 11.5. The molecule has 0 bridgehead atoms. The van der Waals surface area contributed by atoms with Crippen LogP contribution in [0.15, 0.2) is 30.3 Å². The molecule has 1 aromatic carbocycles. The molecule has 1 rings (SSSR count). The Morgan fingerprint density at radius 1 is 1.19 bits per heavy atom. The predicted molar refractivity (Wildman–Crippen MR) is 58.4 cm³/mol. The molecule has 0 aliphatic heterocycles. The molecule has 5 heteroatoms. The summed E-state index contributed by atoms with van der Waals surface area (Å²) in [4.78, 5) is 32.6. The van der Waals surface area contributed by atoms with Gasteiger partial charge in [-0.3, -0.25) is 15.6 Å². The number of nitrogens with one attached hydrogen (secondary N) is 2. The predicted octanol–water partition coefficient (Wildman–Crippen LogP) is 0.534. The first-order valence-electron chi connectivity index (χ1n) is 4.66. The van der Waals surface area contributed by atoms with Crippen molar-refractivity contribution in [3.63, 3.8) is 0 Å². The monoisotopic (exact) mass is 220 g/mol. The summed E-state index contributed by atoms with van der Waals surface area (Å²) >= 11 is 0. The van der Waals surface area contributed by atoms with Gasteiger partial charge in [-0.25, -0.2) is 0 Å². The van der Waals surface area contributed by atoms with Crippen molar-refractivity contribution in [2.45, 2.75) is 6.92 Å². The number of hydrazine groups is 1. The molecular weight excluding hydrogens is 208 g/mol. The van der Waals surface area contributed by atoms with Crippen molar-refractivity contribution in [1.82, 2.24) is 5.43 Å². The molecule has 1 amide bonds. The Labute approximate surface area is 92.8 Å². The number of carbonyl (C=O) groups excluding carboxylic acids is 3. The highest BCUT2D eigenvalue weighted by atomic mass is 16.2. The van der Waals surface area contributed by atoms with Crippen molar-refractivity contribution < 1.29 is 14.4 Å². The standard InChI is InChI=1S/C11H12N2O3/c1-11(7-14,8-15)10(16)13-12-9-5-3-2-4-6-9/h2-8,12H,1H3,(H,13,16). The van der Waals surface area contributed by atoms with Crippen LogP contribution in [-0.2, 0) is 14.4 Å². The number of rotatable bonds is 5. The lowest BCUT2D eigenvalue weighted by Crippen LogP contribution is -2.43. The number of amides is 1. The van der Waals surface area contributed by atoms with Crippen LogP contribution in [0.3, 0.4) is 0 Å². The van der Waals surface area contributed by atoms with E-state index in [-0.39, 0.29) is 0 Å². The molecule has 0 aliphatic rings. The quantitative estimate of drug-likeness (QED) is 0.431. The second-order valence-corrected chi connectivity index (χ2v) is 3.46. The molecule has 0 saturated carbocycles. The van der Waals surface area contributed by atoms with E-state index >= 15 is 0 Å². The SMILES string of the molecule is CC(C=O)(C=O)C(=O)NNc1ccccc1. The fourth-order valence-electron chi connectivity index (χ4n) is 0.920. The van der Waals surface area contributed by atoms with Crippen LogP contribution in [0, 0.1) is 5.41 Å². The minimum absolute atomic E-state index is 0.308. The highest BCUT2D eigenvalue weighted by Gasteiger charge is 2.32. The Bertz CT molecular complexity index is 381. The Morgan fingerprint density at radius 2 is 1.75 bits per heavy atom. The normalized spacial score (nSPS) is 10.3. The second-order valence-electron chi connectivity index (χ2n) is 3.46. The van der Waals surface area contributed by atoms with E-state index < -0.39 is 11.3 Å². The zero-order valence-corrected chi connectivity index (χ0v) is 8.77. The van der Waals surface area contributed by atoms with Crippen LogP contribution in [-0.4, -0.2) is 18.5 Å². The van der Waals surface area contributed by atoms with E-state index in [9.17, 15) is 14.4 Å². The molecule has 0 aromatic heterocycles. The Hall–Kier alpha value is -2.17. The van der Waals surface area contributed by atoms with E-state index in [2.05, 4.69) is 10.9 Å². The van der Waals surface area contributed by atoms with Crippen LogP contribution < -0.4 is 10.9 Å². The number of hydrogen-bond donors (Lipinski definition) is 2. The summed E-state index contributed by atoms with van der Waals surface area (Å²) in [7, 11) is 0. The fourth-order valence-corrected chi connectivity index (χ4v) is 0.920. The van der Waals surface area contributed by atoms with Gasteiger partial charge in [-0.05, 0) is 19.1 Å². The number of para-hydroxylation sites is 1. The van der Waals surface area contributed by atoms with E-state index in [0.717, 1.165) is 0 Å². The van der Waals surface area contributed by atoms with E-state index in [1.807, 2.05) is 6.07 Å².